The van der Waals surface area contributed by atoms with Crippen LogP contribution in [0.2, 0.25) is 0 Å². The van der Waals surface area contributed by atoms with Gasteiger partial charge in [0.15, 0.2) is 0 Å². The third kappa shape index (κ3) is 6.18. The van der Waals surface area contributed by atoms with Crippen LogP contribution in [0.3, 0.4) is 0 Å². The number of hydrogen-bond donors (Lipinski definition) is 1. The van der Waals surface area contributed by atoms with E-state index in [9.17, 15) is 22.4 Å². The minimum absolute atomic E-state index is 0. The molecule has 0 spiro atoms. The van der Waals surface area contributed by atoms with Crippen LogP contribution in [0.4, 0.5) is 15.8 Å². The highest BCUT2D eigenvalue weighted by Gasteiger charge is 2.36. The number of fused-ring (bicyclic) bond motifs is 1. The smallest absolute Gasteiger partial charge is 0.243 e. The van der Waals surface area contributed by atoms with Crippen molar-refractivity contribution in [3.63, 3.8) is 0 Å². The molecule has 0 bridgehead atoms. The molecule has 0 saturated carbocycles. The zero-order valence-electron chi connectivity index (χ0n) is 21.6. The fourth-order valence-electron chi connectivity index (χ4n) is 5.23. The van der Waals surface area contributed by atoms with Crippen LogP contribution in [0, 0.1) is 11.7 Å². The van der Waals surface area contributed by atoms with Gasteiger partial charge in [0.1, 0.15) is 5.82 Å². The van der Waals surface area contributed by atoms with Crippen molar-refractivity contribution in [2.45, 2.75) is 24.7 Å². The number of carbonyl (C=O) groups is 2. The lowest BCUT2D eigenvalue weighted by atomic mass is 9.97. The first-order chi connectivity index (χ1) is 18.2. The molecule has 0 unspecified atom stereocenters. The van der Waals surface area contributed by atoms with Gasteiger partial charge in [-0.1, -0.05) is 0 Å². The molecule has 2 aliphatic heterocycles. The SMILES string of the molecule is CC(=O)Nc1ccc(S(=O)(=O)N2CCC[C@H](C(=O)N3CCN(c4ccnc5cc(F)ccc45)CC3)C2)cc1.S. The molecule has 2 saturated heterocycles. The zero-order valence-corrected chi connectivity index (χ0v) is 23.5. The predicted molar refractivity (Wildman–Crippen MR) is 153 cm³/mol. The summed E-state index contributed by atoms with van der Waals surface area (Å²) in [5.41, 5.74) is 2.07. The number of anilines is 2. The number of amides is 2. The number of rotatable bonds is 5. The number of halogens is 1. The first kappa shape index (κ1) is 28.8. The molecule has 0 radical (unpaired) electrons. The number of benzene rings is 2. The molecule has 9 nitrogen and oxygen atoms in total. The Labute approximate surface area is 234 Å². The van der Waals surface area contributed by atoms with E-state index in [0.29, 0.717) is 56.8 Å². The van der Waals surface area contributed by atoms with E-state index in [2.05, 4.69) is 15.2 Å². The molecule has 1 atom stereocenters. The maximum Gasteiger partial charge on any atom is 0.243 e. The van der Waals surface area contributed by atoms with Gasteiger partial charge in [-0.3, -0.25) is 14.6 Å². The second-order valence-corrected chi connectivity index (χ2v) is 11.6. The normalized spacial score (nSPS) is 18.5. The number of aromatic nitrogens is 1. The van der Waals surface area contributed by atoms with Crippen molar-refractivity contribution < 1.29 is 22.4 Å². The molecule has 2 fully saturated rings. The van der Waals surface area contributed by atoms with Gasteiger partial charge in [0.25, 0.3) is 0 Å². The fourth-order valence-corrected chi connectivity index (χ4v) is 6.76. The molecule has 1 aromatic heterocycles. The van der Waals surface area contributed by atoms with Crippen molar-refractivity contribution in [3.05, 3.63) is 60.5 Å². The standard InChI is InChI=1S/C27H30FN5O4S.H2S/c1-19(34)30-22-5-7-23(8-6-22)38(36,37)33-12-2-3-20(18-33)27(35)32-15-13-31(14-16-32)26-10-11-29-25-17-21(28)4-9-24(25)26;/h4-11,17,20H,2-3,12-16,18H2,1H3,(H,30,34);1H2/t20-;/m0./s1. The highest BCUT2D eigenvalue weighted by molar-refractivity contribution is 7.89. The van der Waals surface area contributed by atoms with Gasteiger partial charge in [-0.25, -0.2) is 12.8 Å². The van der Waals surface area contributed by atoms with Gasteiger partial charge < -0.3 is 15.1 Å². The third-order valence-electron chi connectivity index (χ3n) is 7.16. The zero-order chi connectivity index (χ0) is 26.9. The average Bonchev–Trinajstić information content (AvgIpc) is 2.92. The van der Waals surface area contributed by atoms with Crippen molar-refractivity contribution in [3.8, 4) is 0 Å². The number of carbonyl (C=O) groups excluding carboxylic acids is 2. The first-order valence-electron chi connectivity index (χ1n) is 12.7. The Bertz CT molecular complexity index is 1460. The fraction of sp³-hybridized carbons (Fsp3) is 0.370. The van der Waals surface area contributed by atoms with Gasteiger partial charge in [-0.2, -0.15) is 17.8 Å². The summed E-state index contributed by atoms with van der Waals surface area (Å²) in [4.78, 5) is 33.0. The van der Waals surface area contributed by atoms with Crippen LogP contribution in [0.1, 0.15) is 19.8 Å². The maximum absolute atomic E-state index is 13.6. The molecule has 0 aliphatic carbocycles. The highest BCUT2D eigenvalue weighted by Crippen LogP contribution is 2.29. The molecule has 12 heteroatoms. The van der Waals surface area contributed by atoms with Crippen LogP contribution in [0.5, 0.6) is 0 Å². The second kappa shape index (κ2) is 11.9. The first-order valence-corrected chi connectivity index (χ1v) is 14.1. The second-order valence-electron chi connectivity index (χ2n) is 9.71. The van der Waals surface area contributed by atoms with Gasteiger partial charge in [-0.15, -0.1) is 0 Å². The van der Waals surface area contributed by atoms with E-state index in [-0.39, 0.29) is 42.6 Å². The Balaban J connectivity index is 0.00000353. The van der Waals surface area contributed by atoms with Crippen LogP contribution >= 0.6 is 13.5 Å². The van der Waals surface area contributed by atoms with Gasteiger partial charge in [0.2, 0.25) is 21.8 Å². The Morgan fingerprint density at radius 1 is 1.00 bits per heavy atom. The van der Waals surface area contributed by atoms with E-state index < -0.39 is 15.9 Å². The van der Waals surface area contributed by atoms with Crippen molar-refractivity contribution in [2.24, 2.45) is 5.92 Å². The molecule has 2 aromatic carbocycles. The number of hydrogen-bond acceptors (Lipinski definition) is 6. The van der Waals surface area contributed by atoms with E-state index in [0.717, 1.165) is 11.1 Å². The summed E-state index contributed by atoms with van der Waals surface area (Å²) in [6.45, 7) is 4.20. The number of nitrogens with one attached hydrogen (secondary N) is 1. The Morgan fingerprint density at radius 2 is 1.72 bits per heavy atom. The van der Waals surface area contributed by atoms with Crippen LogP contribution in [0.15, 0.2) is 59.6 Å². The molecule has 39 heavy (non-hydrogen) atoms. The summed E-state index contributed by atoms with van der Waals surface area (Å²) in [6, 6.07) is 12.5. The maximum atomic E-state index is 13.6. The third-order valence-corrected chi connectivity index (χ3v) is 9.04. The van der Waals surface area contributed by atoms with Crippen LogP contribution in [-0.4, -0.2) is 73.7 Å². The largest absolute Gasteiger partial charge is 0.367 e. The molecule has 2 aliphatic rings. The lowest BCUT2D eigenvalue weighted by Gasteiger charge is -2.39. The van der Waals surface area contributed by atoms with E-state index >= 15 is 0 Å². The van der Waals surface area contributed by atoms with Crippen molar-refractivity contribution in [2.75, 3.05) is 49.5 Å². The van der Waals surface area contributed by atoms with Crippen LogP contribution < -0.4 is 10.2 Å². The lowest BCUT2D eigenvalue weighted by molar-refractivity contribution is -0.137. The topological polar surface area (TPSA) is 103 Å². The van der Waals surface area contributed by atoms with Crippen molar-refractivity contribution in [1.29, 1.82) is 0 Å². The average molecular weight is 574 g/mol. The van der Waals surface area contributed by atoms with Crippen molar-refractivity contribution in [1.82, 2.24) is 14.2 Å². The van der Waals surface area contributed by atoms with Gasteiger partial charge in [0.05, 0.1) is 16.3 Å². The summed E-state index contributed by atoms with van der Waals surface area (Å²) in [7, 11) is -3.76. The van der Waals surface area contributed by atoms with E-state index in [1.54, 1.807) is 24.4 Å². The summed E-state index contributed by atoms with van der Waals surface area (Å²) < 4.78 is 41.6. The van der Waals surface area contributed by atoms with Crippen molar-refractivity contribution >= 4 is 57.6 Å². The lowest BCUT2D eigenvalue weighted by Crippen LogP contribution is -2.53. The summed E-state index contributed by atoms with van der Waals surface area (Å²) in [6.07, 6.45) is 2.92. The molecular weight excluding hydrogens is 541 g/mol. The van der Waals surface area contributed by atoms with E-state index in [4.69, 9.17) is 0 Å². The minimum atomic E-state index is -3.76. The number of piperidine rings is 1. The van der Waals surface area contributed by atoms with Gasteiger partial charge >= 0.3 is 0 Å². The molecule has 1 N–H and O–H groups in total. The molecule has 5 rings (SSSR count). The number of sulfonamides is 1. The Kier molecular flexibility index (Phi) is 8.77. The number of piperazine rings is 1. The predicted octanol–water partition coefficient (Wildman–Crippen LogP) is 3.19. The summed E-state index contributed by atoms with van der Waals surface area (Å²) in [5.74, 6) is -0.980. The number of pyridine rings is 1. The quantitative estimate of drug-likeness (QED) is 0.503. The Hall–Kier alpha value is -3.22. The Morgan fingerprint density at radius 3 is 2.41 bits per heavy atom. The monoisotopic (exact) mass is 573 g/mol. The molecule has 208 valence electrons. The molecule has 3 heterocycles. The van der Waals surface area contributed by atoms with Gasteiger partial charge in [0, 0.05) is 75.2 Å². The summed E-state index contributed by atoms with van der Waals surface area (Å²) in [5, 5.41) is 3.49. The summed E-state index contributed by atoms with van der Waals surface area (Å²) >= 11 is 0. The van der Waals surface area contributed by atoms with E-state index in [1.807, 2.05) is 11.0 Å². The number of nitrogens with zero attached hydrogens (tertiary/aromatic N) is 4. The minimum Gasteiger partial charge on any atom is -0.367 e. The van der Waals surface area contributed by atoms with Crippen LogP contribution in [-0.2, 0) is 19.6 Å². The molecular formula is C27H32FN5O4S2. The molecule has 3 aromatic rings. The van der Waals surface area contributed by atoms with Crippen LogP contribution in [0.25, 0.3) is 10.9 Å². The highest BCUT2D eigenvalue weighted by atomic mass is 32.2. The van der Waals surface area contributed by atoms with E-state index in [1.165, 1.54) is 35.5 Å². The van der Waals surface area contributed by atoms with Gasteiger partial charge in [-0.05, 0) is 55.3 Å². The molecule has 2 amide bonds.